The van der Waals surface area contributed by atoms with Gasteiger partial charge in [-0.3, -0.25) is 20.4 Å². The molecular weight excluding hydrogens is 349 g/mol. The van der Waals surface area contributed by atoms with Crippen molar-refractivity contribution >= 4 is 23.4 Å². The first kappa shape index (κ1) is 17.6. The molecule has 0 aliphatic rings. The maximum atomic E-state index is 12.3. The SMILES string of the molecule is O=C(NNC(=O)c1ccccc1OC(F)(F)F)c1ccccc1Cl. The zero-order chi connectivity index (χ0) is 17.7. The minimum absolute atomic E-state index is 0.0966. The Bertz CT molecular complexity index is 766. The minimum Gasteiger partial charge on any atom is -0.405 e. The Kier molecular flexibility index (Phi) is 5.30. The fraction of sp³-hybridized carbons (Fsp3) is 0.0667. The van der Waals surface area contributed by atoms with Gasteiger partial charge in [0.25, 0.3) is 11.8 Å². The van der Waals surface area contributed by atoms with E-state index in [-0.39, 0.29) is 10.6 Å². The van der Waals surface area contributed by atoms with Gasteiger partial charge in [-0.1, -0.05) is 35.9 Å². The maximum absolute atomic E-state index is 12.3. The number of benzene rings is 2. The molecule has 0 unspecified atom stereocenters. The van der Waals surface area contributed by atoms with Gasteiger partial charge in [0.2, 0.25) is 0 Å². The minimum atomic E-state index is -4.95. The van der Waals surface area contributed by atoms with Crippen LogP contribution in [0.25, 0.3) is 0 Å². The summed E-state index contributed by atoms with van der Waals surface area (Å²) in [5, 5.41) is 0.157. The molecule has 24 heavy (non-hydrogen) atoms. The van der Waals surface area contributed by atoms with Crippen LogP contribution in [0.5, 0.6) is 5.75 Å². The molecule has 2 aromatic rings. The molecule has 0 atom stereocenters. The second-order valence-corrected chi connectivity index (χ2v) is 4.84. The number of nitrogens with one attached hydrogen (secondary N) is 2. The molecule has 9 heteroatoms. The number of hydrazine groups is 1. The molecule has 0 aliphatic carbocycles. The van der Waals surface area contributed by atoms with Crippen molar-refractivity contribution in [2.24, 2.45) is 0 Å². The Morgan fingerprint density at radius 3 is 1.96 bits per heavy atom. The molecule has 2 rings (SSSR count). The second-order valence-electron chi connectivity index (χ2n) is 4.43. The molecule has 5 nitrogen and oxygen atoms in total. The van der Waals surface area contributed by atoms with Gasteiger partial charge in [-0.2, -0.15) is 0 Å². The Hall–Kier alpha value is -2.74. The van der Waals surface area contributed by atoms with Crippen molar-refractivity contribution in [1.29, 1.82) is 0 Å². The van der Waals surface area contributed by atoms with Gasteiger partial charge in [0.05, 0.1) is 16.1 Å². The predicted octanol–water partition coefficient (Wildman–Crippen LogP) is 3.31. The number of para-hydroxylation sites is 1. The van der Waals surface area contributed by atoms with Crippen LogP contribution >= 0.6 is 11.6 Å². The molecule has 0 aliphatic heterocycles. The second kappa shape index (κ2) is 7.22. The van der Waals surface area contributed by atoms with Crippen LogP contribution < -0.4 is 15.6 Å². The summed E-state index contributed by atoms with van der Waals surface area (Å²) in [4.78, 5) is 23.9. The topological polar surface area (TPSA) is 67.4 Å². The first-order valence-electron chi connectivity index (χ1n) is 6.48. The number of alkyl halides is 3. The molecule has 2 N–H and O–H groups in total. The Morgan fingerprint density at radius 2 is 1.38 bits per heavy atom. The van der Waals surface area contributed by atoms with E-state index >= 15 is 0 Å². The summed E-state index contributed by atoms with van der Waals surface area (Å²) in [6.07, 6.45) is -4.95. The average Bonchev–Trinajstić information content (AvgIpc) is 2.51. The van der Waals surface area contributed by atoms with Crippen LogP contribution in [0.3, 0.4) is 0 Å². The molecule has 0 aromatic heterocycles. The van der Waals surface area contributed by atoms with E-state index < -0.39 is 29.5 Å². The van der Waals surface area contributed by atoms with Crippen molar-refractivity contribution in [3.05, 3.63) is 64.7 Å². The lowest BCUT2D eigenvalue weighted by molar-refractivity contribution is -0.274. The van der Waals surface area contributed by atoms with E-state index in [2.05, 4.69) is 10.2 Å². The van der Waals surface area contributed by atoms with Gasteiger partial charge in [-0.15, -0.1) is 13.2 Å². The normalized spacial score (nSPS) is 10.8. The molecule has 0 radical (unpaired) electrons. The van der Waals surface area contributed by atoms with Crippen molar-refractivity contribution in [3.8, 4) is 5.75 Å². The molecule has 0 heterocycles. The molecule has 0 saturated carbocycles. The molecule has 126 valence electrons. The summed E-state index contributed by atoms with van der Waals surface area (Å²) in [6, 6.07) is 10.8. The smallest absolute Gasteiger partial charge is 0.405 e. The number of carbonyl (C=O) groups excluding carboxylic acids is 2. The predicted molar refractivity (Wildman–Crippen MR) is 79.5 cm³/mol. The van der Waals surface area contributed by atoms with E-state index in [9.17, 15) is 22.8 Å². The maximum Gasteiger partial charge on any atom is 0.573 e. The summed E-state index contributed by atoms with van der Waals surface area (Å²) >= 11 is 5.83. The van der Waals surface area contributed by atoms with E-state index in [4.69, 9.17) is 11.6 Å². The van der Waals surface area contributed by atoms with Crippen LogP contribution in [-0.2, 0) is 0 Å². The van der Waals surface area contributed by atoms with E-state index in [1.807, 2.05) is 5.43 Å². The van der Waals surface area contributed by atoms with Crippen LogP contribution in [0.1, 0.15) is 20.7 Å². The molecular formula is C15H10ClF3N2O3. The molecule has 2 aromatic carbocycles. The van der Waals surface area contributed by atoms with E-state index in [0.29, 0.717) is 0 Å². The fourth-order valence-electron chi connectivity index (χ4n) is 1.76. The van der Waals surface area contributed by atoms with Crippen molar-refractivity contribution < 1.29 is 27.5 Å². The third kappa shape index (κ3) is 4.63. The standard InChI is InChI=1S/C15H10ClF3N2O3/c16-11-7-3-1-5-9(11)13(22)20-21-14(23)10-6-2-4-8-12(10)24-15(17,18)19/h1-8H,(H,20,22)(H,21,23). The lowest BCUT2D eigenvalue weighted by atomic mass is 10.2. The van der Waals surface area contributed by atoms with E-state index in [1.54, 1.807) is 12.1 Å². The number of hydrogen-bond acceptors (Lipinski definition) is 3. The van der Waals surface area contributed by atoms with Gasteiger partial charge >= 0.3 is 6.36 Å². The van der Waals surface area contributed by atoms with Crippen LogP contribution in [0.15, 0.2) is 48.5 Å². The lowest BCUT2D eigenvalue weighted by Gasteiger charge is -2.13. The fourth-order valence-corrected chi connectivity index (χ4v) is 1.98. The first-order chi connectivity index (χ1) is 11.3. The molecule has 0 bridgehead atoms. The van der Waals surface area contributed by atoms with Crippen LogP contribution in [-0.4, -0.2) is 18.2 Å². The van der Waals surface area contributed by atoms with Gasteiger partial charge in [-0.25, -0.2) is 0 Å². The zero-order valence-electron chi connectivity index (χ0n) is 11.9. The highest BCUT2D eigenvalue weighted by molar-refractivity contribution is 6.33. The molecule has 2 amide bonds. The lowest BCUT2D eigenvalue weighted by Crippen LogP contribution is -2.42. The number of amides is 2. The van der Waals surface area contributed by atoms with Gasteiger partial charge < -0.3 is 4.74 Å². The molecule has 0 spiro atoms. The highest BCUT2D eigenvalue weighted by Crippen LogP contribution is 2.26. The van der Waals surface area contributed by atoms with Crippen LogP contribution in [0.4, 0.5) is 13.2 Å². The van der Waals surface area contributed by atoms with Gasteiger partial charge in [0.1, 0.15) is 5.75 Å². The Balaban J connectivity index is 2.08. The monoisotopic (exact) mass is 358 g/mol. The number of ether oxygens (including phenoxy) is 1. The third-order valence-electron chi connectivity index (χ3n) is 2.77. The van der Waals surface area contributed by atoms with Crippen molar-refractivity contribution in [1.82, 2.24) is 10.9 Å². The van der Waals surface area contributed by atoms with E-state index in [1.165, 1.54) is 24.3 Å². The summed E-state index contributed by atoms with van der Waals surface area (Å²) in [6.45, 7) is 0. The quantitative estimate of drug-likeness (QED) is 0.827. The van der Waals surface area contributed by atoms with Crippen molar-refractivity contribution in [2.45, 2.75) is 6.36 Å². The Morgan fingerprint density at radius 1 is 0.875 bits per heavy atom. The number of halogens is 4. The van der Waals surface area contributed by atoms with E-state index in [0.717, 1.165) is 12.1 Å². The summed E-state index contributed by atoms with van der Waals surface area (Å²) < 4.78 is 40.7. The zero-order valence-corrected chi connectivity index (χ0v) is 12.6. The first-order valence-corrected chi connectivity index (χ1v) is 6.86. The number of hydrogen-bond donors (Lipinski definition) is 2. The summed E-state index contributed by atoms with van der Waals surface area (Å²) in [5.74, 6) is -2.38. The van der Waals surface area contributed by atoms with Gasteiger partial charge in [0.15, 0.2) is 0 Å². The van der Waals surface area contributed by atoms with Crippen LogP contribution in [0, 0.1) is 0 Å². The third-order valence-corrected chi connectivity index (χ3v) is 3.10. The summed E-state index contributed by atoms with van der Waals surface area (Å²) in [7, 11) is 0. The average molecular weight is 359 g/mol. The van der Waals surface area contributed by atoms with Crippen molar-refractivity contribution in [2.75, 3.05) is 0 Å². The molecule has 0 saturated heterocycles. The largest absolute Gasteiger partial charge is 0.573 e. The number of rotatable bonds is 3. The van der Waals surface area contributed by atoms with Gasteiger partial charge in [0, 0.05) is 0 Å². The highest BCUT2D eigenvalue weighted by Gasteiger charge is 2.32. The van der Waals surface area contributed by atoms with Crippen molar-refractivity contribution in [3.63, 3.8) is 0 Å². The molecule has 0 fully saturated rings. The summed E-state index contributed by atoms with van der Waals surface area (Å²) in [5.41, 5.74) is 3.78. The van der Waals surface area contributed by atoms with Crippen LogP contribution in [0.2, 0.25) is 5.02 Å². The number of carbonyl (C=O) groups is 2. The Labute approximate surface area is 139 Å². The highest BCUT2D eigenvalue weighted by atomic mass is 35.5. The van der Waals surface area contributed by atoms with Gasteiger partial charge in [-0.05, 0) is 24.3 Å².